The molecule has 1 saturated carbocycles. The van der Waals surface area contributed by atoms with Crippen LogP contribution in [0, 0.1) is 23.7 Å². The number of nitrogens with zero attached hydrogens (tertiary/aromatic N) is 2. The van der Waals surface area contributed by atoms with Crippen molar-refractivity contribution in [1.29, 1.82) is 0 Å². The van der Waals surface area contributed by atoms with Crippen LogP contribution in [0.4, 0.5) is 0 Å². The fourth-order valence-corrected chi connectivity index (χ4v) is 3.90. The molecule has 1 aromatic carbocycles. The third-order valence-corrected chi connectivity index (χ3v) is 4.93. The summed E-state index contributed by atoms with van der Waals surface area (Å²) in [6.45, 7) is 0. The van der Waals surface area contributed by atoms with Gasteiger partial charge in [0.05, 0.1) is 18.1 Å². The lowest BCUT2D eigenvalue weighted by molar-refractivity contribution is -0.140. The number of allylic oxidation sites excluding steroid dienone is 2. The molecule has 1 heterocycles. The van der Waals surface area contributed by atoms with Gasteiger partial charge in [-0.25, -0.2) is 0 Å². The van der Waals surface area contributed by atoms with Gasteiger partial charge < -0.3 is 5.11 Å². The molecule has 0 aromatic heterocycles. The third kappa shape index (κ3) is 1.89. The Bertz CT molecular complexity index is 678. The van der Waals surface area contributed by atoms with Crippen LogP contribution in [0.25, 0.3) is 0 Å². The largest absolute Gasteiger partial charge is 0.508 e. The van der Waals surface area contributed by atoms with Gasteiger partial charge >= 0.3 is 0 Å². The maximum absolute atomic E-state index is 12.5. The smallest absolute Gasteiger partial charge is 0.254 e. The van der Waals surface area contributed by atoms with Crippen molar-refractivity contribution in [2.75, 3.05) is 0 Å². The number of hydrogen-bond donors (Lipinski definition) is 1. The molecule has 2 fully saturated rings. The molecule has 4 aliphatic rings. The number of carbonyl (C=O) groups is 2. The molecule has 1 aliphatic heterocycles. The molecule has 112 valence electrons. The molecule has 0 spiro atoms. The first-order valence-electron chi connectivity index (χ1n) is 7.54. The van der Waals surface area contributed by atoms with Crippen molar-refractivity contribution in [3.8, 4) is 5.75 Å². The summed E-state index contributed by atoms with van der Waals surface area (Å²) in [5.74, 6) is -0.384. The molecule has 2 bridgehead atoms. The average Bonchev–Trinajstić information content (AvgIpc) is 2.80. The van der Waals surface area contributed by atoms with Crippen molar-refractivity contribution >= 4 is 18.0 Å². The van der Waals surface area contributed by atoms with E-state index >= 15 is 0 Å². The van der Waals surface area contributed by atoms with Gasteiger partial charge in [0.15, 0.2) is 0 Å². The van der Waals surface area contributed by atoms with Gasteiger partial charge in [-0.1, -0.05) is 24.3 Å². The predicted molar refractivity (Wildman–Crippen MR) is 79.9 cm³/mol. The third-order valence-electron chi connectivity index (χ3n) is 4.93. The molecular formula is C17H16N2O3. The summed E-state index contributed by atoms with van der Waals surface area (Å²) in [6, 6.07) is 6.54. The second-order valence-electron chi connectivity index (χ2n) is 6.17. The average molecular weight is 296 g/mol. The van der Waals surface area contributed by atoms with Crippen LogP contribution in [-0.2, 0) is 9.59 Å². The van der Waals surface area contributed by atoms with E-state index < -0.39 is 0 Å². The van der Waals surface area contributed by atoms with Crippen LogP contribution < -0.4 is 0 Å². The van der Waals surface area contributed by atoms with E-state index in [1.54, 1.807) is 18.2 Å². The van der Waals surface area contributed by atoms with Crippen LogP contribution in [0.15, 0.2) is 41.5 Å². The zero-order chi connectivity index (χ0) is 15.3. The van der Waals surface area contributed by atoms with Crippen LogP contribution in [0.5, 0.6) is 5.75 Å². The van der Waals surface area contributed by atoms with Crippen molar-refractivity contribution in [3.05, 3.63) is 42.0 Å². The number of carbonyl (C=O) groups excluding carboxylic acids is 2. The normalized spacial score (nSPS) is 33.0. The quantitative estimate of drug-likeness (QED) is 0.515. The number of hydrazone groups is 1. The van der Waals surface area contributed by atoms with Crippen molar-refractivity contribution in [2.45, 2.75) is 12.8 Å². The summed E-state index contributed by atoms with van der Waals surface area (Å²) in [6.07, 6.45) is 7.57. The minimum Gasteiger partial charge on any atom is -0.508 e. The van der Waals surface area contributed by atoms with Gasteiger partial charge in [-0.05, 0) is 42.4 Å². The summed E-state index contributed by atoms with van der Waals surface area (Å²) < 4.78 is 0. The number of fused-ring (bicyclic) bond motifs is 1. The fraction of sp³-hybridized carbons (Fsp3) is 0.353. The first-order valence-corrected chi connectivity index (χ1v) is 7.54. The highest BCUT2D eigenvalue weighted by atomic mass is 16.3. The van der Waals surface area contributed by atoms with Crippen LogP contribution in [0.1, 0.15) is 18.4 Å². The number of amides is 2. The molecule has 4 atom stereocenters. The summed E-state index contributed by atoms with van der Waals surface area (Å²) in [7, 11) is 0. The highest BCUT2D eigenvalue weighted by molar-refractivity contribution is 6.06. The summed E-state index contributed by atoms with van der Waals surface area (Å²) in [5, 5.41) is 14.6. The Labute approximate surface area is 127 Å². The molecule has 5 heteroatoms. The Hall–Kier alpha value is -2.43. The number of phenolic OH excluding ortho intramolecular Hbond substituents is 1. The SMILES string of the molecule is O=C1[C@H]2[C@H](C(=O)N1/N=C\c1cccc(O)c1)[C@H]1C=C[C@H]2CC1. The first kappa shape index (κ1) is 13.2. The number of phenols is 1. The Morgan fingerprint density at radius 3 is 2.27 bits per heavy atom. The summed E-state index contributed by atoms with van der Waals surface area (Å²) >= 11 is 0. The van der Waals surface area contributed by atoms with E-state index in [9.17, 15) is 14.7 Å². The molecule has 22 heavy (non-hydrogen) atoms. The minimum absolute atomic E-state index is 0.124. The fourth-order valence-electron chi connectivity index (χ4n) is 3.90. The van der Waals surface area contributed by atoms with Gasteiger partial charge in [0.25, 0.3) is 11.8 Å². The van der Waals surface area contributed by atoms with Crippen molar-refractivity contribution < 1.29 is 14.7 Å². The maximum Gasteiger partial charge on any atom is 0.254 e. The molecule has 2 amide bonds. The van der Waals surface area contributed by atoms with Gasteiger partial charge in [0, 0.05) is 0 Å². The van der Waals surface area contributed by atoms with Gasteiger partial charge in [0.2, 0.25) is 0 Å². The Morgan fingerprint density at radius 2 is 1.73 bits per heavy atom. The molecule has 1 aromatic rings. The maximum atomic E-state index is 12.5. The van der Waals surface area contributed by atoms with Crippen molar-refractivity contribution in [3.63, 3.8) is 0 Å². The first-order chi connectivity index (χ1) is 10.6. The number of hydrogen-bond acceptors (Lipinski definition) is 4. The highest BCUT2D eigenvalue weighted by Gasteiger charge is 2.56. The zero-order valence-electron chi connectivity index (χ0n) is 11.9. The second kappa shape index (κ2) is 4.80. The lowest BCUT2D eigenvalue weighted by atomic mass is 9.63. The topological polar surface area (TPSA) is 70.0 Å². The molecule has 1 saturated heterocycles. The van der Waals surface area contributed by atoms with E-state index in [2.05, 4.69) is 17.3 Å². The molecule has 5 rings (SSSR count). The van der Waals surface area contributed by atoms with Crippen LogP contribution >= 0.6 is 0 Å². The van der Waals surface area contributed by atoms with Crippen molar-refractivity contribution in [1.82, 2.24) is 5.01 Å². The lowest BCUT2D eigenvalue weighted by Gasteiger charge is -2.37. The standard InChI is InChI=1S/C17H16N2O3/c20-13-3-1-2-10(8-13)9-18-19-16(21)14-11-4-5-12(7-6-11)15(14)17(19)22/h1-5,8-9,11-12,14-15,20H,6-7H2/b18-9-/t11-,12-,14+,15+/m0/s1. The van der Waals surface area contributed by atoms with E-state index in [1.165, 1.54) is 12.3 Å². The predicted octanol–water partition coefficient (Wildman–Crippen LogP) is 1.92. The minimum atomic E-state index is -0.238. The van der Waals surface area contributed by atoms with E-state index in [0.717, 1.165) is 17.9 Å². The number of benzene rings is 1. The molecule has 3 aliphatic carbocycles. The molecule has 5 nitrogen and oxygen atoms in total. The van der Waals surface area contributed by atoms with Crippen LogP contribution in [0.2, 0.25) is 0 Å². The monoisotopic (exact) mass is 296 g/mol. The van der Waals surface area contributed by atoms with E-state index in [1.807, 2.05) is 0 Å². The van der Waals surface area contributed by atoms with Gasteiger partial charge in [-0.15, -0.1) is 0 Å². The summed E-state index contributed by atoms with van der Waals surface area (Å²) in [4.78, 5) is 25.1. The van der Waals surface area contributed by atoms with Gasteiger partial charge in [0.1, 0.15) is 5.75 Å². The Kier molecular flexibility index (Phi) is 2.89. The highest BCUT2D eigenvalue weighted by Crippen LogP contribution is 2.49. The van der Waals surface area contributed by atoms with Crippen molar-refractivity contribution in [2.24, 2.45) is 28.8 Å². The van der Waals surface area contributed by atoms with Crippen LogP contribution in [-0.4, -0.2) is 28.1 Å². The van der Waals surface area contributed by atoms with E-state index in [4.69, 9.17) is 0 Å². The molecular weight excluding hydrogens is 280 g/mol. The molecule has 0 unspecified atom stereocenters. The van der Waals surface area contributed by atoms with Gasteiger partial charge in [-0.2, -0.15) is 10.1 Å². The number of rotatable bonds is 2. The van der Waals surface area contributed by atoms with Gasteiger partial charge in [-0.3, -0.25) is 9.59 Å². The number of aromatic hydroxyl groups is 1. The zero-order valence-corrected chi connectivity index (χ0v) is 11.9. The van der Waals surface area contributed by atoms with E-state index in [-0.39, 0.29) is 41.2 Å². The number of imide groups is 1. The molecule has 0 radical (unpaired) electrons. The Balaban J connectivity index is 1.61. The van der Waals surface area contributed by atoms with Crippen LogP contribution in [0.3, 0.4) is 0 Å². The Morgan fingerprint density at radius 1 is 1.09 bits per heavy atom. The lowest BCUT2D eigenvalue weighted by Crippen LogP contribution is -2.38. The second-order valence-corrected chi connectivity index (χ2v) is 6.17. The van der Waals surface area contributed by atoms with E-state index in [0.29, 0.717) is 5.56 Å². The summed E-state index contributed by atoms with van der Waals surface area (Å²) in [5.41, 5.74) is 0.650. The molecule has 1 N–H and O–H groups in total.